The molecule has 2 aromatic rings. The van der Waals surface area contributed by atoms with E-state index in [2.05, 4.69) is 22.9 Å². The number of halogens is 2. The van der Waals surface area contributed by atoms with E-state index in [1.807, 2.05) is 0 Å². The molecule has 0 radical (unpaired) electrons. The van der Waals surface area contributed by atoms with Crippen LogP contribution in [0.4, 0.5) is 4.39 Å². The van der Waals surface area contributed by atoms with Crippen molar-refractivity contribution in [1.29, 1.82) is 0 Å². The predicted molar refractivity (Wildman–Crippen MR) is 106 cm³/mol. The average Bonchev–Trinajstić information content (AvgIpc) is 2.61. The summed E-state index contributed by atoms with van der Waals surface area (Å²) in [6, 6.07) is 10.1. The fraction of sp³-hybridized carbons (Fsp3) is 0.316. The zero-order valence-corrected chi connectivity index (χ0v) is 17.4. The van der Waals surface area contributed by atoms with Gasteiger partial charge in [0, 0.05) is 17.6 Å². The van der Waals surface area contributed by atoms with Gasteiger partial charge in [-0.3, -0.25) is 4.79 Å². The van der Waals surface area contributed by atoms with Crippen molar-refractivity contribution in [3.8, 4) is 0 Å². The lowest BCUT2D eigenvalue weighted by Crippen LogP contribution is -2.32. The van der Waals surface area contributed by atoms with E-state index in [1.165, 1.54) is 30.3 Å². The lowest BCUT2D eigenvalue weighted by molar-refractivity contribution is 0.0739. The van der Waals surface area contributed by atoms with Crippen molar-refractivity contribution in [2.45, 2.75) is 37.6 Å². The molecule has 2 N–H and O–H groups in total. The fourth-order valence-electron chi connectivity index (χ4n) is 2.63. The number of carbonyl (C=O) groups excluding carboxylic acids is 1. The molecule has 0 aliphatic rings. The van der Waals surface area contributed by atoms with Crippen molar-refractivity contribution in [3.05, 3.63) is 63.9 Å². The molecule has 146 valence electrons. The first-order chi connectivity index (χ1) is 12.7. The minimum absolute atomic E-state index is 0.121. The Bertz CT molecular complexity index is 902. The van der Waals surface area contributed by atoms with E-state index in [1.54, 1.807) is 17.0 Å². The lowest BCUT2D eigenvalue weighted by atomic mass is 10.1. The van der Waals surface area contributed by atoms with Gasteiger partial charge < -0.3 is 4.90 Å². The van der Waals surface area contributed by atoms with Gasteiger partial charge in [0.25, 0.3) is 5.91 Å². The van der Waals surface area contributed by atoms with E-state index < -0.39 is 10.0 Å². The maximum Gasteiger partial charge on any atom is 0.255 e. The predicted octanol–water partition coefficient (Wildman–Crippen LogP) is 4.07. The summed E-state index contributed by atoms with van der Waals surface area (Å²) in [6.07, 6.45) is 2.78. The highest BCUT2D eigenvalue weighted by molar-refractivity contribution is 9.10. The maximum atomic E-state index is 13.1. The second kappa shape index (κ2) is 9.43. The van der Waals surface area contributed by atoms with Crippen molar-refractivity contribution < 1.29 is 17.6 Å². The Labute approximate surface area is 167 Å². The van der Waals surface area contributed by atoms with Gasteiger partial charge in [0.1, 0.15) is 5.82 Å². The molecule has 0 bridgehead atoms. The van der Waals surface area contributed by atoms with E-state index in [-0.39, 0.29) is 22.2 Å². The molecule has 0 fully saturated rings. The van der Waals surface area contributed by atoms with Gasteiger partial charge in [-0.15, -0.1) is 0 Å². The van der Waals surface area contributed by atoms with Crippen LogP contribution in [0.15, 0.2) is 51.8 Å². The Kier molecular flexibility index (Phi) is 7.52. The van der Waals surface area contributed by atoms with Crippen LogP contribution < -0.4 is 5.14 Å². The highest BCUT2D eigenvalue weighted by Crippen LogP contribution is 2.23. The van der Waals surface area contributed by atoms with Crippen LogP contribution in [-0.4, -0.2) is 25.8 Å². The van der Waals surface area contributed by atoms with Crippen LogP contribution in [0.2, 0.25) is 0 Å². The summed E-state index contributed by atoms with van der Waals surface area (Å²) in [4.78, 5) is 14.6. The Balaban J connectivity index is 2.33. The summed E-state index contributed by atoms with van der Waals surface area (Å²) < 4.78 is 36.9. The maximum absolute atomic E-state index is 13.1. The van der Waals surface area contributed by atoms with Crippen LogP contribution in [-0.2, 0) is 16.6 Å². The Morgan fingerprint density at radius 1 is 1.15 bits per heavy atom. The van der Waals surface area contributed by atoms with Crippen molar-refractivity contribution >= 4 is 31.9 Å². The molecule has 0 atom stereocenters. The third-order valence-corrected chi connectivity index (χ3v) is 5.70. The molecule has 0 aliphatic heterocycles. The van der Waals surface area contributed by atoms with Gasteiger partial charge in [-0.1, -0.05) is 31.9 Å². The molecule has 5 nitrogen and oxygen atoms in total. The smallest absolute Gasteiger partial charge is 0.255 e. The third-order valence-electron chi connectivity index (χ3n) is 4.10. The Morgan fingerprint density at radius 3 is 2.41 bits per heavy atom. The fourth-order valence-corrected chi connectivity index (χ4v) is 3.59. The van der Waals surface area contributed by atoms with Gasteiger partial charge >= 0.3 is 0 Å². The van der Waals surface area contributed by atoms with Crippen LogP contribution >= 0.6 is 15.9 Å². The van der Waals surface area contributed by atoms with Crippen molar-refractivity contribution in [2.75, 3.05) is 6.54 Å². The van der Waals surface area contributed by atoms with E-state index in [9.17, 15) is 17.6 Å². The molecular weight excluding hydrogens is 435 g/mol. The molecule has 0 saturated carbocycles. The highest BCUT2D eigenvalue weighted by Gasteiger charge is 2.21. The van der Waals surface area contributed by atoms with E-state index in [4.69, 9.17) is 5.14 Å². The molecule has 0 aliphatic carbocycles. The largest absolute Gasteiger partial charge is 0.334 e. The standard InChI is InChI=1S/C19H22BrFN2O3S/c1-2-3-4-11-23(13-14-5-7-15(21)8-6-14)19(24)17-12-16(27(22,25)26)9-10-18(17)20/h5-10,12H,2-4,11,13H2,1H3,(H2,22,25,26). The van der Waals surface area contributed by atoms with Crippen LogP contribution in [0.1, 0.15) is 42.1 Å². The highest BCUT2D eigenvalue weighted by atomic mass is 79.9. The minimum atomic E-state index is -3.92. The molecule has 0 spiro atoms. The van der Waals surface area contributed by atoms with Crippen LogP contribution in [0.5, 0.6) is 0 Å². The number of hydrogen-bond acceptors (Lipinski definition) is 3. The monoisotopic (exact) mass is 456 g/mol. The van der Waals surface area contributed by atoms with E-state index in [0.29, 0.717) is 17.6 Å². The number of unbranched alkanes of at least 4 members (excludes halogenated alkanes) is 2. The molecule has 27 heavy (non-hydrogen) atoms. The summed E-state index contributed by atoms with van der Waals surface area (Å²) in [6.45, 7) is 2.88. The molecule has 0 saturated heterocycles. The van der Waals surface area contributed by atoms with Gasteiger partial charge in [-0.25, -0.2) is 17.9 Å². The topological polar surface area (TPSA) is 80.5 Å². The molecule has 0 aromatic heterocycles. The van der Waals surface area contributed by atoms with Crippen LogP contribution in [0.3, 0.4) is 0 Å². The number of benzene rings is 2. The van der Waals surface area contributed by atoms with Gasteiger partial charge in [0.05, 0.1) is 10.5 Å². The van der Waals surface area contributed by atoms with Crippen molar-refractivity contribution in [1.82, 2.24) is 4.90 Å². The van der Waals surface area contributed by atoms with Crippen molar-refractivity contribution in [3.63, 3.8) is 0 Å². The number of nitrogens with two attached hydrogens (primary N) is 1. The molecule has 0 heterocycles. The van der Waals surface area contributed by atoms with E-state index >= 15 is 0 Å². The third kappa shape index (κ3) is 6.12. The SMILES string of the molecule is CCCCCN(Cc1ccc(F)cc1)C(=O)c1cc(S(N)(=O)=O)ccc1Br. The minimum Gasteiger partial charge on any atom is -0.334 e. The Hall–Kier alpha value is -1.77. The quantitative estimate of drug-likeness (QED) is 0.607. The number of hydrogen-bond donors (Lipinski definition) is 1. The van der Waals surface area contributed by atoms with Gasteiger partial charge in [-0.05, 0) is 58.2 Å². The molecule has 2 rings (SSSR count). The second-order valence-electron chi connectivity index (χ2n) is 6.25. The average molecular weight is 457 g/mol. The number of sulfonamides is 1. The van der Waals surface area contributed by atoms with Crippen LogP contribution in [0, 0.1) is 5.82 Å². The normalized spacial score (nSPS) is 11.4. The second-order valence-corrected chi connectivity index (χ2v) is 8.66. The van der Waals surface area contributed by atoms with Gasteiger partial charge in [0.15, 0.2) is 0 Å². The molecular formula is C19H22BrFN2O3S. The number of primary sulfonamides is 1. The van der Waals surface area contributed by atoms with Gasteiger partial charge in [-0.2, -0.15) is 0 Å². The number of nitrogens with zero attached hydrogens (tertiary/aromatic N) is 1. The van der Waals surface area contributed by atoms with Gasteiger partial charge in [0.2, 0.25) is 10.0 Å². The number of rotatable bonds is 8. The first-order valence-corrected chi connectivity index (χ1v) is 10.9. The molecule has 1 amide bonds. The zero-order chi connectivity index (χ0) is 20.0. The van der Waals surface area contributed by atoms with Crippen molar-refractivity contribution in [2.24, 2.45) is 5.14 Å². The molecule has 0 unspecified atom stereocenters. The number of carbonyl (C=O) groups is 1. The van der Waals surface area contributed by atoms with Crippen LogP contribution in [0.25, 0.3) is 0 Å². The molecule has 2 aromatic carbocycles. The summed E-state index contributed by atoms with van der Waals surface area (Å²) in [5, 5.41) is 5.18. The summed E-state index contributed by atoms with van der Waals surface area (Å²) >= 11 is 3.31. The summed E-state index contributed by atoms with van der Waals surface area (Å²) in [7, 11) is -3.92. The summed E-state index contributed by atoms with van der Waals surface area (Å²) in [5.74, 6) is -0.654. The lowest BCUT2D eigenvalue weighted by Gasteiger charge is -2.24. The summed E-state index contributed by atoms with van der Waals surface area (Å²) in [5.41, 5.74) is 1.01. The van der Waals surface area contributed by atoms with E-state index in [0.717, 1.165) is 24.8 Å². The number of amides is 1. The zero-order valence-electron chi connectivity index (χ0n) is 15.0. The Morgan fingerprint density at radius 2 is 1.81 bits per heavy atom. The molecule has 8 heteroatoms. The first-order valence-electron chi connectivity index (χ1n) is 8.58. The first kappa shape index (κ1) is 21.5.